The highest BCUT2D eigenvalue weighted by Gasteiger charge is 2.17. The maximum Gasteiger partial charge on any atom is 0.234 e. The van der Waals surface area contributed by atoms with Gasteiger partial charge in [0, 0.05) is 15.8 Å². The van der Waals surface area contributed by atoms with Gasteiger partial charge in [0.2, 0.25) is 5.91 Å². The van der Waals surface area contributed by atoms with Crippen molar-refractivity contribution in [2.75, 3.05) is 13.6 Å². The van der Waals surface area contributed by atoms with Crippen LogP contribution in [-0.2, 0) is 4.79 Å². The second kappa shape index (κ2) is 7.02. The topological polar surface area (TPSA) is 32.3 Å². The number of amides is 1. The molecule has 0 saturated carbocycles. The van der Waals surface area contributed by atoms with Crippen LogP contribution in [0, 0.1) is 0 Å². The van der Waals surface area contributed by atoms with Crippen molar-refractivity contribution in [3.8, 4) is 0 Å². The van der Waals surface area contributed by atoms with Crippen molar-refractivity contribution in [1.82, 2.24) is 10.2 Å². The summed E-state index contributed by atoms with van der Waals surface area (Å²) in [4.78, 5) is 16.6. The molecule has 1 amide bonds. The maximum absolute atomic E-state index is 12.1. The standard InChI is InChI=1S/C15H20N2OS2/c1-11(13-6-4-8-19-13)16-15(18)10-17(3)12(2)14-7-5-9-20-14/h4-9,11-12H,10H2,1-3H3,(H,16,18). The SMILES string of the molecule is CC(NC(=O)CN(C)C(C)c1cccs1)c1cccs1. The number of nitrogens with one attached hydrogen (secondary N) is 1. The molecule has 0 spiro atoms. The van der Waals surface area contributed by atoms with E-state index in [4.69, 9.17) is 0 Å². The summed E-state index contributed by atoms with van der Waals surface area (Å²) in [5.41, 5.74) is 0. The summed E-state index contributed by atoms with van der Waals surface area (Å²) >= 11 is 3.40. The van der Waals surface area contributed by atoms with Crippen molar-refractivity contribution in [3.63, 3.8) is 0 Å². The molecule has 0 radical (unpaired) electrons. The second-order valence-corrected chi connectivity index (χ2v) is 6.87. The van der Waals surface area contributed by atoms with Gasteiger partial charge in [0.1, 0.15) is 0 Å². The lowest BCUT2D eigenvalue weighted by molar-refractivity contribution is -0.123. The van der Waals surface area contributed by atoms with Gasteiger partial charge in [-0.15, -0.1) is 22.7 Å². The lowest BCUT2D eigenvalue weighted by Gasteiger charge is -2.24. The molecular weight excluding hydrogens is 288 g/mol. The van der Waals surface area contributed by atoms with Crippen molar-refractivity contribution in [1.29, 1.82) is 0 Å². The van der Waals surface area contributed by atoms with E-state index in [-0.39, 0.29) is 18.0 Å². The zero-order valence-electron chi connectivity index (χ0n) is 12.0. The molecule has 2 atom stereocenters. The molecule has 0 saturated heterocycles. The third-order valence-corrected chi connectivity index (χ3v) is 5.45. The fourth-order valence-electron chi connectivity index (χ4n) is 2.01. The van der Waals surface area contributed by atoms with E-state index < -0.39 is 0 Å². The van der Waals surface area contributed by atoms with E-state index in [9.17, 15) is 4.79 Å². The van der Waals surface area contributed by atoms with E-state index in [1.165, 1.54) is 9.75 Å². The summed E-state index contributed by atoms with van der Waals surface area (Å²) in [5.74, 6) is 0.0665. The molecule has 0 aromatic carbocycles. The normalized spacial score (nSPS) is 14.2. The predicted octanol–water partition coefficient (Wildman–Crippen LogP) is 3.68. The number of carbonyl (C=O) groups is 1. The van der Waals surface area contributed by atoms with Crippen LogP contribution in [0.4, 0.5) is 0 Å². The van der Waals surface area contributed by atoms with Crippen molar-refractivity contribution < 1.29 is 4.79 Å². The van der Waals surface area contributed by atoms with Gasteiger partial charge in [-0.2, -0.15) is 0 Å². The summed E-state index contributed by atoms with van der Waals surface area (Å²) in [6.45, 7) is 4.56. The quantitative estimate of drug-likeness (QED) is 0.883. The molecule has 20 heavy (non-hydrogen) atoms. The van der Waals surface area contributed by atoms with Gasteiger partial charge in [-0.05, 0) is 43.8 Å². The van der Waals surface area contributed by atoms with E-state index in [0.29, 0.717) is 6.54 Å². The zero-order valence-corrected chi connectivity index (χ0v) is 13.6. The number of rotatable bonds is 6. The number of hydrogen-bond donors (Lipinski definition) is 1. The van der Waals surface area contributed by atoms with Crippen molar-refractivity contribution in [3.05, 3.63) is 44.8 Å². The molecule has 108 valence electrons. The number of thiophene rings is 2. The van der Waals surface area contributed by atoms with Gasteiger partial charge in [0.25, 0.3) is 0 Å². The Kier molecular flexibility index (Phi) is 5.34. The van der Waals surface area contributed by atoms with Gasteiger partial charge < -0.3 is 5.32 Å². The van der Waals surface area contributed by atoms with Crippen LogP contribution in [-0.4, -0.2) is 24.4 Å². The first-order valence-corrected chi connectivity index (χ1v) is 8.40. The molecule has 2 aromatic heterocycles. The van der Waals surface area contributed by atoms with Gasteiger partial charge in [-0.25, -0.2) is 0 Å². The summed E-state index contributed by atoms with van der Waals surface area (Å²) in [7, 11) is 1.99. The molecule has 0 aliphatic carbocycles. The molecule has 2 aromatic rings. The molecule has 2 rings (SSSR count). The largest absolute Gasteiger partial charge is 0.348 e. The number of likely N-dealkylation sites (N-methyl/N-ethyl adjacent to an activating group) is 1. The van der Waals surface area contributed by atoms with Crippen LogP contribution >= 0.6 is 22.7 Å². The maximum atomic E-state index is 12.1. The first kappa shape index (κ1) is 15.2. The van der Waals surface area contributed by atoms with Crippen molar-refractivity contribution in [2.24, 2.45) is 0 Å². The minimum atomic E-state index is 0.0665. The lowest BCUT2D eigenvalue weighted by atomic mass is 10.2. The molecule has 0 aliphatic heterocycles. The van der Waals surface area contributed by atoms with Gasteiger partial charge in [-0.3, -0.25) is 9.69 Å². The lowest BCUT2D eigenvalue weighted by Crippen LogP contribution is -2.37. The highest BCUT2D eigenvalue weighted by Crippen LogP contribution is 2.23. The molecule has 2 unspecified atom stereocenters. The average molecular weight is 308 g/mol. The van der Waals surface area contributed by atoms with Gasteiger partial charge in [0.15, 0.2) is 0 Å². The summed E-state index contributed by atoms with van der Waals surface area (Å²) in [6.07, 6.45) is 0. The highest BCUT2D eigenvalue weighted by atomic mass is 32.1. The van der Waals surface area contributed by atoms with E-state index in [1.54, 1.807) is 22.7 Å². The molecule has 3 nitrogen and oxygen atoms in total. The minimum absolute atomic E-state index is 0.0665. The minimum Gasteiger partial charge on any atom is -0.348 e. The Morgan fingerprint density at radius 3 is 2.35 bits per heavy atom. The zero-order chi connectivity index (χ0) is 14.5. The monoisotopic (exact) mass is 308 g/mol. The van der Waals surface area contributed by atoms with Gasteiger partial charge in [0.05, 0.1) is 12.6 Å². The molecule has 5 heteroatoms. The molecule has 0 aliphatic rings. The van der Waals surface area contributed by atoms with Crippen molar-refractivity contribution in [2.45, 2.75) is 25.9 Å². The Morgan fingerprint density at radius 2 is 1.80 bits per heavy atom. The number of nitrogens with zero attached hydrogens (tertiary/aromatic N) is 1. The smallest absolute Gasteiger partial charge is 0.234 e. The van der Waals surface area contributed by atoms with E-state index in [2.05, 4.69) is 28.6 Å². The summed E-state index contributed by atoms with van der Waals surface area (Å²) < 4.78 is 0. The Balaban J connectivity index is 1.85. The van der Waals surface area contributed by atoms with Gasteiger partial charge in [-0.1, -0.05) is 12.1 Å². The van der Waals surface area contributed by atoms with Gasteiger partial charge >= 0.3 is 0 Å². The molecule has 0 bridgehead atoms. The highest BCUT2D eigenvalue weighted by molar-refractivity contribution is 7.10. The molecule has 0 fully saturated rings. The Labute approximate surface area is 128 Å². The van der Waals surface area contributed by atoms with E-state index in [1.807, 2.05) is 37.6 Å². The van der Waals surface area contributed by atoms with Crippen LogP contribution < -0.4 is 5.32 Å². The average Bonchev–Trinajstić information content (AvgIpc) is 3.10. The number of hydrogen-bond acceptors (Lipinski definition) is 4. The van der Waals surface area contributed by atoms with Crippen LogP contribution in [0.2, 0.25) is 0 Å². The van der Waals surface area contributed by atoms with Crippen LogP contribution in [0.25, 0.3) is 0 Å². The predicted molar refractivity (Wildman–Crippen MR) is 86.2 cm³/mol. The molecule has 1 N–H and O–H groups in total. The van der Waals surface area contributed by atoms with E-state index in [0.717, 1.165) is 0 Å². The third-order valence-electron chi connectivity index (χ3n) is 3.36. The molecule has 2 heterocycles. The Hall–Kier alpha value is -1.17. The fraction of sp³-hybridized carbons (Fsp3) is 0.400. The fourth-order valence-corrected chi connectivity index (χ4v) is 3.59. The first-order valence-electron chi connectivity index (χ1n) is 6.64. The molecular formula is C15H20N2OS2. The van der Waals surface area contributed by atoms with E-state index >= 15 is 0 Å². The number of carbonyl (C=O) groups excluding carboxylic acids is 1. The second-order valence-electron chi connectivity index (χ2n) is 4.91. The summed E-state index contributed by atoms with van der Waals surface area (Å²) in [6, 6.07) is 8.55. The summed E-state index contributed by atoms with van der Waals surface area (Å²) in [5, 5.41) is 7.15. The third kappa shape index (κ3) is 3.91. The van der Waals surface area contributed by atoms with Crippen LogP contribution in [0.5, 0.6) is 0 Å². The van der Waals surface area contributed by atoms with Crippen molar-refractivity contribution >= 4 is 28.6 Å². The van der Waals surface area contributed by atoms with Crippen LogP contribution in [0.3, 0.4) is 0 Å². The van der Waals surface area contributed by atoms with Crippen LogP contribution in [0.1, 0.15) is 35.7 Å². The van der Waals surface area contributed by atoms with Crippen LogP contribution in [0.15, 0.2) is 35.0 Å². The Bertz CT molecular complexity index is 522. The first-order chi connectivity index (χ1) is 9.58. The Morgan fingerprint density at radius 1 is 1.20 bits per heavy atom.